The topological polar surface area (TPSA) is 44.5 Å². The minimum Gasteiger partial charge on any atom is -0.493 e. The summed E-state index contributed by atoms with van der Waals surface area (Å²) in [5, 5.41) is 0. The van der Waals surface area contributed by atoms with Crippen LogP contribution >= 0.6 is 0 Å². The Morgan fingerprint density at radius 3 is 2.39 bits per heavy atom. The highest BCUT2D eigenvalue weighted by atomic mass is 16.5. The lowest BCUT2D eigenvalue weighted by Gasteiger charge is -2.23. The highest BCUT2D eigenvalue weighted by molar-refractivity contribution is 5.50. The number of hydrogen-bond donors (Lipinski definition) is 1. The van der Waals surface area contributed by atoms with E-state index in [1.54, 1.807) is 7.11 Å². The Hall–Kier alpha value is -1.22. The molecule has 0 fully saturated rings. The first-order chi connectivity index (χ1) is 8.45. The van der Waals surface area contributed by atoms with Gasteiger partial charge in [-0.3, -0.25) is 0 Å². The Labute approximate surface area is 110 Å². The average Bonchev–Trinajstić information content (AvgIpc) is 2.27. The molecule has 0 saturated heterocycles. The van der Waals surface area contributed by atoms with Gasteiger partial charge in [-0.25, -0.2) is 0 Å². The Morgan fingerprint density at radius 2 is 1.78 bits per heavy atom. The first-order valence-corrected chi connectivity index (χ1v) is 6.47. The molecule has 0 spiro atoms. The minimum absolute atomic E-state index is 0.0650. The van der Waals surface area contributed by atoms with Gasteiger partial charge in [0.2, 0.25) is 0 Å². The molecule has 0 atom stereocenters. The maximum atomic E-state index is 5.86. The summed E-state index contributed by atoms with van der Waals surface area (Å²) < 4.78 is 10.9. The molecule has 0 bridgehead atoms. The van der Waals surface area contributed by atoms with Gasteiger partial charge in [0, 0.05) is 25.5 Å². The van der Waals surface area contributed by atoms with Crippen molar-refractivity contribution in [2.24, 2.45) is 0 Å². The fraction of sp³-hybridized carbons (Fsp3) is 0.600. The molecule has 0 aliphatic heterocycles. The second kappa shape index (κ2) is 6.64. The van der Waals surface area contributed by atoms with Gasteiger partial charge in [0.1, 0.15) is 5.75 Å². The SMILES string of the molecule is COCCCCOc1cc(N)ccc1C(C)(C)C. The van der Waals surface area contributed by atoms with Crippen LogP contribution in [0.3, 0.4) is 0 Å². The molecule has 0 radical (unpaired) electrons. The third-order valence-electron chi connectivity index (χ3n) is 2.81. The summed E-state index contributed by atoms with van der Waals surface area (Å²) in [6, 6.07) is 5.90. The van der Waals surface area contributed by atoms with Crippen molar-refractivity contribution in [1.82, 2.24) is 0 Å². The third kappa shape index (κ3) is 4.57. The van der Waals surface area contributed by atoms with Gasteiger partial charge in [-0.2, -0.15) is 0 Å². The van der Waals surface area contributed by atoms with Crippen molar-refractivity contribution in [3.05, 3.63) is 23.8 Å². The first kappa shape index (κ1) is 14.8. The fourth-order valence-corrected chi connectivity index (χ4v) is 1.81. The Morgan fingerprint density at radius 1 is 1.11 bits per heavy atom. The molecule has 0 unspecified atom stereocenters. The van der Waals surface area contributed by atoms with Crippen LogP contribution in [0.1, 0.15) is 39.2 Å². The first-order valence-electron chi connectivity index (χ1n) is 6.47. The van der Waals surface area contributed by atoms with Crippen LogP contribution in [-0.2, 0) is 10.2 Å². The predicted octanol–water partition coefficient (Wildman–Crippen LogP) is 3.37. The molecule has 0 aliphatic rings. The van der Waals surface area contributed by atoms with Gasteiger partial charge in [0.25, 0.3) is 0 Å². The molecule has 0 aliphatic carbocycles. The van der Waals surface area contributed by atoms with Crippen molar-refractivity contribution >= 4 is 5.69 Å². The summed E-state index contributed by atoms with van der Waals surface area (Å²) in [7, 11) is 1.72. The van der Waals surface area contributed by atoms with E-state index in [9.17, 15) is 0 Å². The van der Waals surface area contributed by atoms with Gasteiger partial charge >= 0.3 is 0 Å². The van der Waals surface area contributed by atoms with Crippen LogP contribution in [0, 0.1) is 0 Å². The van der Waals surface area contributed by atoms with Crippen molar-refractivity contribution in [2.75, 3.05) is 26.1 Å². The van der Waals surface area contributed by atoms with E-state index < -0.39 is 0 Å². The summed E-state index contributed by atoms with van der Waals surface area (Å²) in [5.41, 5.74) is 7.83. The number of benzene rings is 1. The van der Waals surface area contributed by atoms with E-state index >= 15 is 0 Å². The zero-order valence-corrected chi connectivity index (χ0v) is 12.0. The van der Waals surface area contributed by atoms with Crippen molar-refractivity contribution in [3.63, 3.8) is 0 Å². The number of nitrogens with two attached hydrogens (primary N) is 1. The summed E-state index contributed by atoms with van der Waals surface area (Å²) in [4.78, 5) is 0. The van der Waals surface area contributed by atoms with Gasteiger partial charge < -0.3 is 15.2 Å². The number of anilines is 1. The highest BCUT2D eigenvalue weighted by Crippen LogP contribution is 2.32. The molecule has 1 aromatic rings. The lowest BCUT2D eigenvalue weighted by atomic mass is 9.86. The normalized spacial score (nSPS) is 11.6. The maximum absolute atomic E-state index is 5.86. The Balaban J connectivity index is 2.65. The average molecular weight is 251 g/mol. The summed E-state index contributed by atoms with van der Waals surface area (Å²) in [6.45, 7) is 8.02. The van der Waals surface area contributed by atoms with E-state index in [1.807, 2.05) is 12.1 Å². The van der Waals surface area contributed by atoms with E-state index in [1.165, 1.54) is 5.56 Å². The number of rotatable bonds is 6. The van der Waals surface area contributed by atoms with Gasteiger partial charge in [0.15, 0.2) is 0 Å². The smallest absolute Gasteiger partial charge is 0.125 e. The third-order valence-corrected chi connectivity index (χ3v) is 2.81. The molecule has 18 heavy (non-hydrogen) atoms. The summed E-state index contributed by atoms with van der Waals surface area (Å²) in [6.07, 6.45) is 2.01. The molecule has 0 heterocycles. The molecule has 0 saturated carbocycles. The van der Waals surface area contributed by atoms with Crippen molar-refractivity contribution in [2.45, 2.75) is 39.0 Å². The van der Waals surface area contributed by atoms with Crippen LogP contribution in [0.15, 0.2) is 18.2 Å². The van der Waals surface area contributed by atoms with Crippen LogP contribution in [0.2, 0.25) is 0 Å². The van der Waals surface area contributed by atoms with Crippen LogP contribution < -0.4 is 10.5 Å². The fourth-order valence-electron chi connectivity index (χ4n) is 1.81. The molecule has 0 amide bonds. The van der Waals surface area contributed by atoms with Crippen molar-refractivity contribution in [1.29, 1.82) is 0 Å². The van der Waals surface area contributed by atoms with Crippen molar-refractivity contribution < 1.29 is 9.47 Å². The number of methoxy groups -OCH3 is 1. The van der Waals surface area contributed by atoms with Crippen molar-refractivity contribution in [3.8, 4) is 5.75 Å². The summed E-state index contributed by atoms with van der Waals surface area (Å²) in [5.74, 6) is 0.903. The molecule has 3 heteroatoms. The number of ether oxygens (including phenoxy) is 2. The second-order valence-corrected chi connectivity index (χ2v) is 5.55. The molecule has 0 aromatic heterocycles. The molecular weight excluding hydrogens is 226 g/mol. The van der Waals surface area contributed by atoms with Gasteiger partial charge in [-0.1, -0.05) is 26.8 Å². The van der Waals surface area contributed by atoms with Gasteiger partial charge in [0.05, 0.1) is 6.61 Å². The molecule has 3 nitrogen and oxygen atoms in total. The predicted molar refractivity (Wildman–Crippen MR) is 76.2 cm³/mol. The van der Waals surface area contributed by atoms with Crippen LogP contribution in [0.4, 0.5) is 5.69 Å². The molecule has 1 rings (SSSR count). The quantitative estimate of drug-likeness (QED) is 0.622. The largest absolute Gasteiger partial charge is 0.493 e. The van der Waals surface area contributed by atoms with E-state index in [0.717, 1.165) is 30.9 Å². The standard InChI is InChI=1S/C15H25NO2/c1-15(2,3)13-8-7-12(16)11-14(13)18-10-6-5-9-17-4/h7-8,11H,5-6,9-10,16H2,1-4H3. The Bertz CT molecular complexity index is 369. The number of unbranched alkanes of at least 4 members (excludes halogenated alkanes) is 1. The Kier molecular flexibility index (Phi) is 5.48. The molecule has 102 valence electrons. The van der Waals surface area contributed by atoms with Crippen LogP contribution in [0.25, 0.3) is 0 Å². The van der Waals surface area contributed by atoms with E-state index in [2.05, 4.69) is 26.8 Å². The number of hydrogen-bond acceptors (Lipinski definition) is 3. The zero-order chi connectivity index (χ0) is 13.6. The highest BCUT2D eigenvalue weighted by Gasteiger charge is 2.18. The summed E-state index contributed by atoms with van der Waals surface area (Å²) >= 11 is 0. The molecular formula is C15H25NO2. The zero-order valence-electron chi connectivity index (χ0n) is 12.0. The van der Waals surface area contributed by atoms with E-state index in [-0.39, 0.29) is 5.41 Å². The van der Waals surface area contributed by atoms with Crippen LogP contribution in [-0.4, -0.2) is 20.3 Å². The molecule has 2 N–H and O–H groups in total. The minimum atomic E-state index is 0.0650. The number of nitrogen functional groups attached to an aromatic ring is 1. The monoisotopic (exact) mass is 251 g/mol. The van der Waals surface area contributed by atoms with Gasteiger partial charge in [-0.15, -0.1) is 0 Å². The second-order valence-electron chi connectivity index (χ2n) is 5.55. The van der Waals surface area contributed by atoms with Gasteiger partial charge in [-0.05, 0) is 29.9 Å². The van der Waals surface area contributed by atoms with E-state index in [0.29, 0.717) is 6.61 Å². The lowest BCUT2D eigenvalue weighted by Crippen LogP contribution is -2.14. The van der Waals surface area contributed by atoms with E-state index in [4.69, 9.17) is 15.2 Å². The lowest BCUT2D eigenvalue weighted by molar-refractivity contribution is 0.183. The van der Waals surface area contributed by atoms with Crippen LogP contribution in [0.5, 0.6) is 5.75 Å². The molecule has 1 aromatic carbocycles. The maximum Gasteiger partial charge on any atom is 0.125 e.